The van der Waals surface area contributed by atoms with Crippen LogP contribution in [-0.4, -0.2) is 40.3 Å². The van der Waals surface area contributed by atoms with Gasteiger partial charge in [-0.05, 0) is 25.0 Å². The Hall–Kier alpha value is -2.34. The summed E-state index contributed by atoms with van der Waals surface area (Å²) in [4.78, 5) is 14.7. The van der Waals surface area contributed by atoms with Gasteiger partial charge in [-0.3, -0.25) is 9.48 Å². The zero-order valence-electron chi connectivity index (χ0n) is 16.8. The van der Waals surface area contributed by atoms with Gasteiger partial charge in [-0.15, -0.1) is 0 Å². The SMILES string of the molecule is CC(C)C(=O)N1CCCC1c1nn(CCOc2ccccc2)c2c1COCC2. The van der Waals surface area contributed by atoms with Gasteiger partial charge < -0.3 is 14.4 Å². The molecule has 0 saturated carbocycles. The second-order valence-corrected chi connectivity index (χ2v) is 7.84. The van der Waals surface area contributed by atoms with Gasteiger partial charge in [0.15, 0.2) is 0 Å². The molecule has 1 atom stereocenters. The fraction of sp³-hybridized carbons (Fsp3) is 0.545. The van der Waals surface area contributed by atoms with Crippen LogP contribution in [0.5, 0.6) is 5.75 Å². The molecule has 2 aromatic rings. The third-order valence-electron chi connectivity index (χ3n) is 5.59. The van der Waals surface area contributed by atoms with E-state index in [4.69, 9.17) is 14.6 Å². The van der Waals surface area contributed by atoms with Crippen LogP contribution in [0.4, 0.5) is 0 Å². The molecule has 0 spiro atoms. The first kappa shape index (κ1) is 19.0. The number of hydrogen-bond donors (Lipinski definition) is 0. The summed E-state index contributed by atoms with van der Waals surface area (Å²) in [7, 11) is 0. The number of fused-ring (bicyclic) bond motifs is 1. The van der Waals surface area contributed by atoms with Gasteiger partial charge in [0.05, 0.1) is 31.5 Å². The second kappa shape index (κ2) is 8.35. The number of para-hydroxylation sites is 1. The zero-order chi connectivity index (χ0) is 19.5. The number of ether oxygens (including phenoxy) is 2. The molecule has 6 nitrogen and oxygen atoms in total. The van der Waals surface area contributed by atoms with E-state index in [0.29, 0.717) is 19.8 Å². The van der Waals surface area contributed by atoms with Gasteiger partial charge in [0, 0.05) is 30.1 Å². The van der Waals surface area contributed by atoms with Crippen molar-refractivity contribution in [3.63, 3.8) is 0 Å². The highest BCUT2D eigenvalue weighted by atomic mass is 16.5. The first-order valence-corrected chi connectivity index (χ1v) is 10.3. The minimum absolute atomic E-state index is 0.00837. The average Bonchev–Trinajstić information content (AvgIpc) is 3.33. The van der Waals surface area contributed by atoms with E-state index in [1.54, 1.807) is 0 Å². The number of aromatic nitrogens is 2. The predicted octanol–water partition coefficient (Wildman–Crippen LogP) is 3.35. The van der Waals surface area contributed by atoms with Gasteiger partial charge >= 0.3 is 0 Å². The lowest BCUT2D eigenvalue weighted by atomic mass is 10.0. The van der Waals surface area contributed by atoms with Crippen LogP contribution < -0.4 is 4.74 Å². The summed E-state index contributed by atoms with van der Waals surface area (Å²) in [6.07, 6.45) is 2.86. The maximum Gasteiger partial charge on any atom is 0.225 e. The Bertz CT molecular complexity index is 816. The van der Waals surface area contributed by atoms with Crippen molar-refractivity contribution in [2.24, 2.45) is 5.92 Å². The Kier molecular flexibility index (Phi) is 5.67. The van der Waals surface area contributed by atoms with Gasteiger partial charge in [0.2, 0.25) is 5.91 Å². The van der Waals surface area contributed by atoms with Crippen molar-refractivity contribution in [1.82, 2.24) is 14.7 Å². The third-order valence-corrected chi connectivity index (χ3v) is 5.59. The molecule has 1 saturated heterocycles. The van der Waals surface area contributed by atoms with Gasteiger partial charge in [-0.25, -0.2) is 0 Å². The fourth-order valence-electron chi connectivity index (χ4n) is 4.20. The Morgan fingerprint density at radius 3 is 2.93 bits per heavy atom. The molecule has 2 aliphatic rings. The van der Waals surface area contributed by atoms with Crippen molar-refractivity contribution in [3.8, 4) is 5.75 Å². The summed E-state index contributed by atoms with van der Waals surface area (Å²) in [5.74, 6) is 1.10. The molecule has 0 bridgehead atoms. The fourth-order valence-corrected chi connectivity index (χ4v) is 4.20. The lowest BCUT2D eigenvalue weighted by molar-refractivity contribution is -0.135. The van der Waals surface area contributed by atoms with Crippen molar-refractivity contribution in [2.45, 2.75) is 52.3 Å². The number of amides is 1. The molecule has 1 unspecified atom stereocenters. The average molecular weight is 383 g/mol. The van der Waals surface area contributed by atoms with Gasteiger partial charge in [-0.1, -0.05) is 32.0 Å². The van der Waals surface area contributed by atoms with Crippen LogP contribution in [0.2, 0.25) is 0 Å². The van der Waals surface area contributed by atoms with Crippen LogP contribution in [0.1, 0.15) is 49.7 Å². The Morgan fingerprint density at radius 2 is 2.14 bits per heavy atom. The van der Waals surface area contributed by atoms with Crippen LogP contribution in [0.3, 0.4) is 0 Å². The van der Waals surface area contributed by atoms with Crippen molar-refractivity contribution >= 4 is 5.91 Å². The lowest BCUT2D eigenvalue weighted by Crippen LogP contribution is -2.34. The second-order valence-electron chi connectivity index (χ2n) is 7.84. The van der Waals surface area contributed by atoms with E-state index in [0.717, 1.165) is 43.9 Å². The third kappa shape index (κ3) is 3.78. The van der Waals surface area contributed by atoms with Crippen molar-refractivity contribution in [3.05, 3.63) is 47.3 Å². The monoisotopic (exact) mass is 383 g/mol. The summed E-state index contributed by atoms with van der Waals surface area (Å²) >= 11 is 0. The normalized spacial score (nSPS) is 19.1. The molecular formula is C22H29N3O3. The number of rotatable bonds is 6. The van der Waals surface area contributed by atoms with Gasteiger partial charge in [0.25, 0.3) is 0 Å². The van der Waals surface area contributed by atoms with Crippen molar-refractivity contribution < 1.29 is 14.3 Å². The van der Waals surface area contributed by atoms with Crippen LogP contribution in [-0.2, 0) is 29.1 Å². The highest BCUT2D eigenvalue weighted by Crippen LogP contribution is 2.36. The molecule has 6 heteroatoms. The van der Waals surface area contributed by atoms with E-state index in [-0.39, 0.29) is 17.9 Å². The van der Waals surface area contributed by atoms with Crippen molar-refractivity contribution in [2.75, 3.05) is 19.8 Å². The molecule has 1 amide bonds. The van der Waals surface area contributed by atoms with Crippen LogP contribution in [0.15, 0.2) is 30.3 Å². The Balaban J connectivity index is 1.54. The van der Waals surface area contributed by atoms with Crippen LogP contribution in [0.25, 0.3) is 0 Å². The summed E-state index contributed by atoms with van der Waals surface area (Å²) in [5.41, 5.74) is 3.45. The van der Waals surface area contributed by atoms with E-state index in [1.807, 2.05) is 49.1 Å². The number of likely N-dealkylation sites (tertiary alicyclic amines) is 1. The van der Waals surface area contributed by atoms with E-state index >= 15 is 0 Å². The number of carbonyl (C=O) groups is 1. The molecule has 0 radical (unpaired) electrons. The molecule has 28 heavy (non-hydrogen) atoms. The zero-order valence-corrected chi connectivity index (χ0v) is 16.8. The topological polar surface area (TPSA) is 56.6 Å². The molecule has 0 aliphatic carbocycles. The molecule has 1 fully saturated rings. The molecule has 1 aromatic heterocycles. The highest BCUT2D eigenvalue weighted by molar-refractivity contribution is 5.79. The quantitative estimate of drug-likeness (QED) is 0.768. The first-order chi connectivity index (χ1) is 13.6. The number of carbonyl (C=O) groups excluding carboxylic acids is 1. The number of nitrogens with zero attached hydrogens (tertiary/aromatic N) is 3. The Morgan fingerprint density at radius 1 is 1.32 bits per heavy atom. The van der Waals surface area contributed by atoms with Crippen LogP contribution >= 0.6 is 0 Å². The lowest BCUT2D eigenvalue weighted by Gasteiger charge is -2.26. The van der Waals surface area contributed by atoms with Crippen molar-refractivity contribution in [1.29, 1.82) is 0 Å². The van der Waals surface area contributed by atoms with Gasteiger partial charge in [-0.2, -0.15) is 5.10 Å². The minimum atomic E-state index is 0.00837. The summed E-state index contributed by atoms with van der Waals surface area (Å²) in [5, 5.41) is 4.96. The minimum Gasteiger partial charge on any atom is -0.492 e. The summed E-state index contributed by atoms with van der Waals surface area (Å²) in [6.45, 7) is 7.33. The van der Waals surface area contributed by atoms with E-state index in [9.17, 15) is 4.79 Å². The number of benzene rings is 1. The largest absolute Gasteiger partial charge is 0.492 e. The van der Waals surface area contributed by atoms with E-state index in [1.165, 1.54) is 11.3 Å². The Labute approximate surface area is 166 Å². The maximum absolute atomic E-state index is 12.7. The number of hydrogen-bond acceptors (Lipinski definition) is 4. The van der Waals surface area contributed by atoms with Crippen LogP contribution in [0, 0.1) is 5.92 Å². The highest BCUT2D eigenvalue weighted by Gasteiger charge is 2.36. The molecule has 0 N–H and O–H groups in total. The first-order valence-electron chi connectivity index (χ1n) is 10.3. The molecule has 2 aliphatic heterocycles. The molecule has 3 heterocycles. The molecule has 150 valence electrons. The summed E-state index contributed by atoms with van der Waals surface area (Å²) < 4.78 is 13.7. The standard InChI is InChI=1S/C22H29N3O3/c1-16(2)22(26)24-11-6-9-20(24)21-18-15-27-13-10-19(18)25(23-21)12-14-28-17-7-4-3-5-8-17/h3-5,7-8,16,20H,6,9-15H2,1-2H3. The van der Waals surface area contributed by atoms with E-state index < -0.39 is 0 Å². The molecular weight excluding hydrogens is 354 g/mol. The summed E-state index contributed by atoms with van der Waals surface area (Å²) in [6, 6.07) is 9.93. The van der Waals surface area contributed by atoms with Gasteiger partial charge in [0.1, 0.15) is 12.4 Å². The molecule has 4 rings (SSSR count). The predicted molar refractivity (Wildman–Crippen MR) is 106 cm³/mol. The van der Waals surface area contributed by atoms with E-state index in [2.05, 4.69) is 4.68 Å². The molecule has 1 aromatic carbocycles. The maximum atomic E-state index is 12.7. The smallest absolute Gasteiger partial charge is 0.225 e.